The summed E-state index contributed by atoms with van der Waals surface area (Å²) in [5.41, 5.74) is 6.44. The van der Waals surface area contributed by atoms with Gasteiger partial charge in [-0.2, -0.15) is 5.26 Å². The van der Waals surface area contributed by atoms with E-state index >= 15 is 0 Å². The van der Waals surface area contributed by atoms with Gasteiger partial charge in [0.25, 0.3) is 5.91 Å². The Morgan fingerprint density at radius 1 is 1.53 bits per heavy atom. The number of amides is 1. The summed E-state index contributed by atoms with van der Waals surface area (Å²) in [7, 11) is 0. The SMILES string of the molecule is N#CCCNC(=O)COc1cccc(CN)c1. The van der Waals surface area contributed by atoms with Gasteiger partial charge in [0.05, 0.1) is 12.5 Å². The molecule has 1 aromatic carbocycles. The molecule has 1 amide bonds. The molecule has 0 saturated carbocycles. The third-order valence-corrected chi connectivity index (χ3v) is 2.06. The van der Waals surface area contributed by atoms with Gasteiger partial charge in [-0.3, -0.25) is 4.79 Å². The van der Waals surface area contributed by atoms with E-state index in [0.717, 1.165) is 5.56 Å². The molecule has 0 aromatic heterocycles. The summed E-state index contributed by atoms with van der Waals surface area (Å²) in [6.07, 6.45) is 0.300. The van der Waals surface area contributed by atoms with E-state index in [-0.39, 0.29) is 12.5 Å². The van der Waals surface area contributed by atoms with Gasteiger partial charge in [0, 0.05) is 13.1 Å². The first-order valence-corrected chi connectivity index (χ1v) is 5.31. The lowest BCUT2D eigenvalue weighted by atomic mass is 10.2. The van der Waals surface area contributed by atoms with E-state index in [1.165, 1.54) is 0 Å². The lowest BCUT2D eigenvalue weighted by Gasteiger charge is -2.07. The molecule has 17 heavy (non-hydrogen) atoms. The Morgan fingerprint density at radius 2 is 2.35 bits per heavy atom. The predicted octanol–water partition coefficient (Wildman–Crippen LogP) is 0.554. The number of carbonyl (C=O) groups is 1. The first kappa shape index (κ1) is 13.0. The lowest BCUT2D eigenvalue weighted by molar-refractivity contribution is -0.123. The number of rotatable bonds is 6. The number of benzene rings is 1. The van der Waals surface area contributed by atoms with Crippen molar-refractivity contribution in [3.8, 4) is 11.8 Å². The highest BCUT2D eigenvalue weighted by Gasteiger charge is 2.02. The number of ether oxygens (including phenoxy) is 1. The van der Waals surface area contributed by atoms with E-state index in [4.69, 9.17) is 15.7 Å². The summed E-state index contributed by atoms with van der Waals surface area (Å²) in [5.74, 6) is 0.377. The van der Waals surface area contributed by atoms with Gasteiger partial charge in [-0.15, -0.1) is 0 Å². The maximum Gasteiger partial charge on any atom is 0.257 e. The summed E-state index contributed by atoms with van der Waals surface area (Å²) in [5, 5.41) is 10.9. The normalized spacial score (nSPS) is 9.41. The first-order valence-electron chi connectivity index (χ1n) is 5.31. The topological polar surface area (TPSA) is 88.1 Å². The fourth-order valence-electron chi connectivity index (χ4n) is 1.22. The van der Waals surface area contributed by atoms with Gasteiger partial charge in [0.1, 0.15) is 5.75 Å². The van der Waals surface area contributed by atoms with E-state index < -0.39 is 0 Å². The summed E-state index contributed by atoms with van der Waals surface area (Å²) in [6, 6.07) is 9.22. The Bertz CT molecular complexity index is 412. The summed E-state index contributed by atoms with van der Waals surface area (Å²) < 4.78 is 5.29. The van der Waals surface area contributed by atoms with Crippen molar-refractivity contribution in [2.24, 2.45) is 5.73 Å². The van der Waals surface area contributed by atoms with Crippen LogP contribution < -0.4 is 15.8 Å². The van der Waals surface area contributed by atoms with Gasteiger partial charge in [0.2, 0.25) is 0 Å². The van der Waals surface area contributed by atoms with Crippen LogP contribution in [0.5, 0.6) is 5.75 Å². The number of nitriles is 1. The van der Waals surface area contributed by atoms with E-state index in [9.17, 15) is 4.79 Å². The highest BCUT2D eigenvalue weighted by Crippen LogP contribution is 2.12. The fourth-order valence-corrected chi connectivity index (χ4v) is 1.22. The van der Waals surface area contributed by atoms with Gasteiger partial charge < -0.3 is 15.8 Å². The number of nitrogens with two attached hydrogens (primary N) is 1. The van der Waals surface area contributed by atoms with E-state index in [1.807, 2.05) is 18.2 Å². The van der Waals surface area contributed by atoms with Gasteiger partial charge in [-0.1, -0.05) is 12.1 Å². The molecule has 3 N–H and O–H groups in total. The second kappa shape index (κ2) is 7.25. The van der Waals surface area contributed by atoms with Gasteiger partial charge in [-0.25, -0.2) is 0 Å². The quantitative estimate of drug-likeness (QED) is 0.702. The zero-order valence-corrected chi connectivity index (χ0v) is 9.48. The maximum atomic E-state index is 11.3. The first-order chi connectivity index (χ1) is 8.26. The number of nitrogens with one attached hydrogen (secondary N) is 1. The van der Waals surface area contributed by atoms with Crippen LogP contribution in [-0.2, 0) is 11.3 Å². The second-order valence-corrected chi connectivity index (χ2v) is 3.40. The highest BCUT2D eigenvalue weighted by atomic mass is 16.5. The molecule has 5 nitrogen and oxygen atoms in total. The van der Waals surface area contributed by atoms with Crippen molar-refractivity contribution in [2.45, 2.75) is 13.0 Å². The number of hydrogen-bond acceptors (Lipinski definition) is 4. The Labute approximate surface area is 100 Å². The Balaban J connectivity index is 2.34. The molecule has 0 spiro atoms. The molecule has 0 unspecified atom stereocenters. The van der Waals surface area contributed by atoms with Gasteiger partial charge in [0.15, 0.2) is 6.61 Å². The zero-order valence-electron chi connectivity index (χ0n) is 9.48. The largest absolute Gasteiger partial charge is 0.484 e. The van der Waals surface area contributed by atoms with Crippen LogP contribution in [0.15, 0.2) is 24.3 Å². The van der Waals surface area contributed by atoms with Crippen LogP contribution in [0.25, 0.3) is 0 Å². The molecule has 0 radical (unpaired) electrons. The lowest BCUT2D eigenvalue weighted by Crippen LogP contribution is -2.29. The number of hydrogen-bond donors (Lipinski definition) is 2. The zero-order chi connectivity index (χ0) is 12.5. The van der Waals surface area contributed by atoms with Crippen LogP contribution in [0.1, 0.15) is 12.0 Å². The van der Waals surface area contributed by atoms with Crippen LogP contribution in [0.2, 0.25) is 0 Å². The smallest absolute Gasteiger partial charge is 0.257 e. The van der Waals surface area contributed by atoms with Crippen LogP contribution in [0.4, 0.5) is 0 Å². The third kappa shape index (κ3) is 5.00. The fraction of sp³-hybridized carbons (Fsp3) is 0.333. The molecule has 0 aliphatic carbocycles. The molecule has 0 saturated heterocycles. The molecule has 0 heterocycles. The molecule has 0 bridgehead atoms. The third-order valence-electron chi connectivity index (χ3n) is 2.06. The van der Waals surface area contributed by atoms with Crippen LogP contribution in [0, 0.1) is 11.3 Å². The van der Waals surface area contributed by atoms with Crippen molar-refractivity contribution in [1.82, 2.24) is 5.32 Å². The van der Waals surface area contributed by atoms with Crippen molar-refractivity contribution in [1.29, 1.82) is 5.26 Å². The highest BCUT2D eigenvalue weighted by molar-refractivity contribution is 5.77. The monoisotopic (exact) mass is 233 g/mol. The maximum absolute atomic E-state index is 11.3. The van der Waals surface area contributed by atoms with E-state index in [1.54, 1.807) is 12.1 Å². The molecule has 0 aliphatic rings. The molecule has 1 rings (SSSR count). The van der Waals surface area contributed by atoms with Crippen LogP contribution >= 0.6 is 0 Å². The molecule has 5 heteroatoms. The van der Waals surface area contributed by atoms with Gasteiger partial charge >= 0.3 is 0 Å². The van der Waals surface area contributed by atoms with E-state index in [2.05, 4.69) is 5.32 Å². The Morgan fingerprint density at radius 3 is 3.06 bits per heavy atom. The minimum atomic E-state index is -0.238. The molecule has 90 valence electrons. The number of nitrogens with zero attached hydrogens (tertiary/aromatic N) is 1. The van der Waals surface area contributed by atoms with Crippen molar-refractivity contribution in [3.05, 3.63) is 29.8 Å². The number of carbonyl (C=O) groups excluding carboxylic acids is 1. The molecular formula is C12H15N3O2. The minimum absolute atomic E-state index is 0.0561. The summed E-state index contributed by atoms with van der Waals surface area (Å²) in [4.78, 5) is 11.3. The summed E-state index contributed by atoms with van der Waals surface area (Å²) >= 11 is 0. The molecule has 0 atom stereocenters. The molecule has 0 fully saturated rings. The van der Waals surface area contributed by atoms with Crippen molar-refractivity contribution in [2.75, 3.05) is 13.2 Å². The minimum Gasteiger partial charge on any atom is -0.484 e. The average Bonchev–Trinajstić information content (AvgIpc) is 2.37. The van der Waals surface area contributed by atoms with Crippen molar-refractivity contribution < 1.29 is 9.53 Å². The summed E-state index contributed by atoms with van der Waals surface area (Å²) in [6.45, 7) is 0.729. The van der Waals surface area contributed by atoms with E-state index in [0.29, 0.717) is 25.3 Å². The Hall–Kier alpha value is -2.06. The standard InChI is InChI=1S/C12H15N3O2/c13-5-2-6-15-12(16)9-17-11-4-1-3-10(7-11)8-14/h1,3-4,7H,2,6,8-9,14H2,(H,15,16). The average molecular weight is 233 g/mol. The van der Waals surface area contributed by atoms with Crippen molar-refractivity contribution >= 4 is 5.91 Å². The molecule has 0 aliphatic heterocycles. The van der Waals surface area contributed by atoms with Gasteiger partial charge in [-0.05, 0) is 17.7 Å². The van der Waals surface area contributed by atoms with Crippen LogP contribution in [-0.4, -0.2) is 19.1 Å². The molecule has 1 aromatic rings. The predicted molar refractivity (Wildman–Crippen MR) is 63.1 cm³/mol. The Kier molecular flexibility index (Phi) is 5.55. The van der Waals surface area contributed by atoms with Crippen molar-refractivity contribution in [3.63, 3.8) is 0 Å². The van der Waals surface area contributed by atoms with Crippen LogP contribution in [0.3, 0.4) is 0 Å². The second-order valence-electron chi connectivity index (χ2n) is 3.40. The molecular weight excluding hydrogens is 218 g/mol.